The number of aldehydes is 1. The summed E-state index contributed by atoms with van der Waals surface area (Å²) in [5, 5.41) is 26.1. The van der Waals surface area contributed by atoms with Crippen molar-refractivity contribution in [3.8, 4) is 57.9 Å². The zero-order chi connectivity index (χ0) is 99.8. The van der Waals surface area contributed by atoms with Crippen molar-refractivity contribution in [1.29, 1.82) is 0 Å². The molecule has 0 bridgehead atoms. The second kappa shape index (κ2) is 61.3. The number of nitrogens with zero attached hydrogens (tertiary/aromatic N) is 14. The number of nitrogen functional groups attached to an aromatic ring is 1. The summed E-state index contributed by atoms with van der Waals surface area (Å²) in [5.74, 6) is 3.37. The maximum absolute atomic E-state index is 12.4. The first-order valence-electron chi connectivity index (χ1n) is 40.4. The number of anilines is 1. The number of pyridine rings is 2. The van der Waals surface area contributed by atoms with Crippen molar-refractivity contribution in [2.24, 2.45) is 9.63 Å². The van der Waals surface area contributed by atoms with Gasteiger partial charge in [0.25, 0.3) is 10.0 Å². The summed E-state index contributed by atoms with van der Waals surface area (Å²) in [6.07, 6.45) is 16.8. The highest BCUT2D eigenvalue weighted by Crippen LogP contribution is 2.46. The molecule has 710 valence electrons. The third-order valence-corrected chi connectivity index (χ3v) is 22.4. The van der Waals surface area contributed by atoms with Gasteiger partial charge in [0.2, 0.25) is 0 Å². The number of aromatic nitrogens is 8. The van der Waals surface area contributed by atoms with Gasteiger partial charge in [0.15, 0.2) is 25.6 Å². The van der Waals surface area contributed by atoms with Crippen molar-refractivity contribution in [1.82, 2.24) is 40.0 Å². The van der Waals surface area contributed by atoms with E-state index < -0.39 is 35.5 Å². The fourth-order valence-corrected chi connectivity index (χ4v) is 13.0. The molecule has 14 aromatic rings. The second-order valence-corrected chi connectivity index (χ2v) is 33.9. The first-order valence-corrected chi connectivity index (χ1v) is 46.2. The number of carbonyl (C=O) groups is 6. The van der Waals surface area contributed by atoms with E-state index in [0.717, 1.165) is 89.0 Å². The number of benzene rings is 10. The smallest absolute Gasteiger partial charge is 0.343 e. The summed E-state index contributed by atoms with van der Waals surface area (Å²) in [5.41, 5.74) is 33.1. The minimum Gasteiger partial charge on any atom is -0.486 e. The van der Waals surface area contributed by atoms with E-state index in [1.165, 1.54) is 60.2 Å². The number of terminal acetylenes is 1. The van der Waals surface area contributed by atoms with Gasteiger partial charge < -0.3 is 47.9 Å². The summed E-state index contributed by atoms with van der Waals surface area (Å²) in [6.45, 7) is 4.47. The van der Waals surface area contributed by atoms with Crippen LogP contribution in [0, 0.1) is 19.3 Å². The summed E-state index contributed by atoms with van der Waals surface area (Å²) < 4.78 is 83.2. The number of hydrogen-bond acceptors (Lipinski definition) is 26. The lowest BCUT2D eigenvalue weighted by atomic mass is 10.1. The SMILES string of the molecule is C#Cc1ccc(OCC(=O)OC)cc1.COC(=O)COc1ccc(-c2cn(Cc3ccc(Cl)cc3)nn2)cc1.COC(=O)COc1ccc(C=O)cc1.COP(=O)(CC(C)=O)OC.Cc1ccc(S(=O)(=O)N=[N+]=[N-])cc1.Clc1ccc(CBr)cc1.Nc1ccncc1.O=C(COc1ccc(-c2cn(Cc3ccc(Cl)cc3)nn2)cc1)Cc1ccc2cnccc2c1.[N-]=[N+]=NCc1ccc(Cl)cc1. The number of ketones is 2. The number of halogens is 5. The van der Waals surface area contributed by atoms with Gasteiger partial charge in [-0.15, -0.1) is 16.6 Å². The van der Waals surface area contributed by atoms with Crippen LogP contribution in [0.15, 0.2) is 306 Å². The summed E-state index contributed by atoms with van der Waals surface area (Å²) in [4.78, 5) is 78.5. The van der Waals surface area contributed by atoms with Gasteiger partial charge in [0, 0.05) is 119 Å². The van der Waals surface area contributed by atoms with Gasteiger partial charge in [0.1, 0.15) is 59.2 Å². The quantitative estimate of drug-likeness (QED) is 0.00503. The first kappa shape index (κ1) is 111. The number of azide groups is 2. The predicted molar refractivity (Wildman–Crippen MR) is 528 cm³/mol. The molecule has 0 spiro atoms. The van der Waals surface area contributed by atoms with Gasteiger partial charge in [0.05, 0.1) is 58.3 Å². The Balaban J connectivity index is 0.000000248. The number of hydrogen-bond donors (Lipinski definition) is 1. The molecule has 10 aromatic carbocycles. The zero-order valence-corrected chi connectivity index (χ0v) is 81.2. The summed E-state index contributed by atoms with van der Waals surface area (Å²) in [6, 6.07) is 75.8. The van der Waals surface area contributed by atoms with E-state index in [4.69, 9.17) is 88.6 Å². The van der Waals surface area contributed by atoms with E-state index in [2.05, 4.69) is 95.2 Å². The van der Waals surface area contributed by atoms with E-state index in [1.807, 2.05) is 171 Å². The average molecular weight is 2040 g/mol. The Morgan fingerprint density at radius 2 is 0.927 bits per heavy atom. The number of sulfonamides is 1. The van der Waals surface area contributed by atoms with E-state index in [-0.39, 0.29) is 49.1 Å². The molecule has 0 aliphatic rings. The van der Waals surface area contributed by atoms with Crippen molar-refractivity contribution < 1.29 is 84.0 Å². The molecular formula is C97H93BrCl4N15O18PS. The highest BCUT2D eigenvalue weighted by Gasteiger charge is 2.23. The number of alkyl halides is 1. The maximum atomic E-state index is 12.4. The van der Waals surface area contributed by atoms with Crippen LogP contribution >= 0.6 is 69.9 Å². The van der Waals surface area contributed by atoms with Crippen LogP contribution in [0.2, 0.25) is 20.1 Å². The van der Waals surface area contributed by atoms with E-state index in [9.17, 15) is 41.8 Å². The number of Topliss-reactive ketones (excluding diaryl/α,β-unsaturated/α-hetero) is 2. The van der Waals surface area contributed by atoms with Crippen LogP contribution < -0.4 is 24.7 Å². The number of carbonyl (C=O) groups excluding carboxylic acids is 6. The Bertz CT molecular complexity index is 6430. The largest absolute Gasteiger partial charge is 0.486 e. The Hall–Kier alpha value is -14.6. The topological polar surface area (TPSA) is 447 Å². The average Bonchev–Trinajstić information content (AvgIpc) is 1.77. The van der Waals surface area contributed by atoms with E-state index in [0.29, 0.717) is 69.7 Å². The molecule has 0 atom stereocenters. The lowest BCUT2D eigenvalue weighted by Crippen LogP contribution is -2.13. The van der Waals surface area contributed by atoms with Crippen molar-refractivity contribution in [3.05, 3.63) is 377 Å². The normalized spacial score (nSPS) is 10.1. The number of nitrogens with two attached hydrogens (primary N) is 1. The molecule has 0 fully saturated rings. The van der Waals surface area contributed by atoms with Crippen LogP contribution in [0.4, 0.5) is 5.69 Å². The lowest BCUT2D eigenvalue weighted by molar-refractivity contribution is -0.143. The van der Waals surface area contributed by atoms with Gasteiger partial charge in [-0.05, 0) is 234 Å². The molecule has 0 saturated carbocycles. The van der Waals surface area contributed by atoms with Crippen LogP contribution in [0.25, 0.3) is 54.2 Å². The Labute approximate surface area is 819 Å². The Kier molecular flexibility index (Phi) is 49.7. The Morgan fingerprint density at radius 3 is 1.31 bits per heavy atom. The van der Waals surface area contributed by atoms with Crippen molar-refractivity contribution in [2.45, 2.75) is 50.1 Å². The summed E-state index contributed by atoms with van der Waals surface area (Å²) in [7, 11) is -0.464. The molecule has 0 unspecified atom stereocenters. The fourth-order valence-electron chi connectivity index (χ4n) is 10.5. The van der Waals surface area contributed by atoms with E-state index >= 15 is 0 Å². The number of fused-ring (bicyclic) bond motifs is 1. The third-order valence-electron chi connectivity index (χ3n) is 17.6. The van der Waals surface area contributed by atoms with Crippen LogP contribution in [-0.4, -0.2) is 152 Å². The molecule has 137 heavy (non-hydrogen) atoms. The summed E-state index contributed by atoms with van der Waals surface area (Å²) >= 11 is 26.5. The molecular weight excluding hydrogens is 1950 g/mol. The molecule has 0 aliphatic carbocycles. The third kappa shape index (κ3) is 44.0. The molecule has 14 rings (SSSR count). The van der Waals surface area contributed by atoms with Crippen molar-refractivity contribution >= 4 is 132 Å². The number of rotatable bonds is 30. The molecule has 0 saturated heterocycles. The fraction of sp³-hybridized carbons (Fsp3) is 0.175. The van der Waals surface area contributed by atoms with Gasteiger partial charge in [-0.25, -0.2) is 32.2 Å². The minimum atomic E-state index is -3.82. The lowest BCUT2D eigenvalue weighted by Gasteiger charge is -2.10. The Morgan fingerprint density at radius 1 is 0.518 bits per heavy atom. The van der Waals surface area contributed by atoms with Crippen LogP contribution in [0.5, 0.6) is 23.0 Å². The first-order chi connectivity index (χ1) is 65.9. The van der Waals surface area contributed by atoms with E-state index in [1.54, 1.807) is 125 Å². The van der Waals surface area contributed by atoms with Crippen LogP contribution in [0.1, 0.15) is 56.2 Å². The second-order valence-electron chi connectivity index (χ2n) is 27.8. The number of ether oxygens (including phenoxy) is 7. The predicted octanol–water partition coefficient (Wildman–Crippen LogP) is 21.0. The molecule has 0 radical (unpaired) electrons. The molecule has 0 aliphatic heterocycles. The molecule has 40 heteroatoms. The zero-order valence-electron chi connectivity index (χ0n) is 74.9. The minimum absolute atomic E-state index is 0.0101. The maximum Gasteiger partial charge on any atom is 0.343 e. The monoisotopic (exact) mass is 2040 g/mol. The van der Waals surface area contributed by atoms with Gasteiger partial charge >= 0.3 is 25.5 Å². The van der Waals surface area contributed by atoms with Gasteiger partial charge in [-0.3, -0.25) is 28.9 Å². The highest BCUT2D eigenvalue weighted by atomic mass is 79.9. The van der Waals surface area contributed by atoms with Gasteiger partial charge in [-0.1, -0.05) is 168 Å². The number of aryl methyl sites for hydroxylation is 1. The number of methoxy groups -OCH3 is 3. The highest BCUT2D eigenvalue weighted by molar-refractivity contribution is 9.08. The molecule has 4 aromatic heterocycles. The van der Waals surface area contributed by atoms with Crippen LogP contribution in [0.3, 0.4) is 0 Å². The van der Waals surface area contributed by atoms with Crippen molar-refractivity contribution in [2.75, 3.05) is 73.9 Å². The molecule has 4 heterocycles. The molecule has 0 amide bonds. The molecule has 2 N–H and O–H groups in total. The van der Waals surface area contributed by atoms with Crippen molar-refractivity contribution in [3.63, 3.8) is 0 Å². The molecule has 33 nitrogen and oxygen atoms in total. The standard InChI is InChI=1S/C27H21ClN4O2.C18H16ClN3O3.C11H10O3.C10H10O4.C7H6BrCl.C7H6ClN3.C7H7N3O2S.C5H6N2.C5H11O4P/c28-24-7-2-19(3-8-24)16-32-17-27(30-31-32)21-5-9-26(10-6-21)34-18-25(33)14-20-1-4-23-15-29-12-11-22(23)13-20;1-24-18(23)12-25-16-8-4-14(5-9-16)17-11-22(21-20-17)10-13-2-6-15(19)7-3-13;1-3-9-4-6-10(7-5-9)14-8-11(12)13-2;1-13-10(12)7-14-9-4-2-8(6-11)3-5-9;8-5-6-1-3-7(9)4-2-6;8-7-3-1-6(2-4-7)5-10-11-9;1-6-2-4-7(5-3-6)13(11,12)10-9-8;6-5-1-3-7-4-2-5;1-5(6)4-10(7,8-2)9-3/h1-13,15,17H,14,16,18H2;2-9,11H,10,12H2,1H3;1,4-7H,8H2,2H3;2-6H,7H2,1H3;1-4H,5H2;1-4H,5H2;2-5H,1H3;1-4H,(H2,6,7);4H2,1-3H3. The number of esters is 3. The van der Waals surface area contributed by atoms with Gasteiger partial charge in [-0.2, -0.15) is 0 Å². The van der Waals surface area contributed by atoms with Crippen LogP contribution in [-0.2, 0) is 93.2 Å².